The molecule has 8 heteroatoms. The molecule has 2 fully saturated rings. The van der Waals surface area contributed by atoms with Gasteiger partial charge in [0.1, 0.15) is 0 Å². The van der Waals surface area contributed by atoms with Gasteiger partial charge in [-0.05, 0) is 51.0 Å². The Balaban J connectivity index is 1.61. The van der Waals surface area contributed by atoms with E-state index in [4.69, 9.17) is 9.47 Å². The Labute approximate surface area is 173 Å². The zero-order valence-electron chi connectivity index (χ0n) is 17.4. The topological polar surface area (TPSA) is 84.9 Å². The van der Waals surface area contributed by atoms with Gasteiger partial charge >= 0.3 is 6.09 Å². The zero-order chi connectivity index (χ0) is 21.0. The van der Waals surface area contributed by atoms with E-state index < -0.39 is 16.1 Å². The number of amides is 1. The summed E-state index contributed by atoms with van der Waals surface area (Å²) in [5.41, 5.74) is 1.32. The first kappa shape index (κ1) is 22.1. The number of carbonyl (C=O) groups excluding carboxylic acids is 1. The molecule has 3 rings (SSSR count). The molecular formula is C21H32N2O5S. The van der Waals surface area contributed by atoms with Crippen LogP contribution in [-0.2, 0) is 19.5 Å². The summed E-state index contributed by atoms with van der Waals surface area (Å²) in [5, 5.41) is 0. The number of piperidine rings is 1. The number of sulfonamides is 1. The van der Waals surface area contributed by atoms with Crippen LogP contribution in [0.25, 0.3) is 0 Å². The highest BCUT2D eigenvalue weighted by atomic mass is 32.2. The fourth-order valence-electron chi connectivity index (χ4n) is 4.11. The van der Waals surface area contributed by atoms with Gasteiger partial charge in [0.05, 0.1) is 31.1 Å². The number of likely N-dealkylation sites (tertiary alicyclic amines) is 1. The van der Waals surface area contributed by atoms with Crippen molar-refractivity contribution in [2.45, 2.75) is 69.7 Å². The molecule has 0 aromatic heterocycles. The Bertz CT molecular complexity index is 778. The van der Waals surface area contributed by atoms with Gasteiger partial charge in [-0.3, -0.25) is 0 Å². The van der Waals surface area contributed by atoms with E-state index in [2.05, 4.69) is 16.9 Å². The molecule has 1 aliphatic carbocycles. The molecule has 1 aromatic carbocycles. The SMILES string of the molecule is CC(C)OC(=O)N1CCC[C@@H](NS(C)(=O)=O)[C@H]1CO[C@H]1C[C@@H](c2ccccc2)C1. The number of rotatable bonds is 7. The molecule has 0 spiro atoms. The average Bonchev–Trinajstić information content (AvgIpc) is 2.60. The van der Waals surface area contributed by atoms with Crippen molar-refractivity contribution in [2.75, 3.05) is 19.4 Å². The molecule has 1 heterocycles. The molecule has 2 atom stereocenters. The molecule has 1 N–H and O–H groups in total. The summed E-state index contributed by atoms with van der Waals surface area (Å²) < 4.78 is 37.8. The quantitative estimate of drug-likeness (QED) is 0.728. The van der Waals surface area contributed by atoms with Gasteiger partial charge in [0.25, 0.3) is 0 Å². The maximum atomic E-state index is 12.6. The van der Waals surface area contributed by atoms with E-state index in [1.54, 1.807) is 18.7 Å². The second-order valence-corrected chi connectivity index (χ2v) is 10.1. The number of carbonyl (C=O) groups is 1. The van der Waals surface area contributed by atoms with Crippen molar-refractivity contribution in [3.05, 3.63) is 35.9 Å². The summed E-state index contributed by atoms with van der Waals surface area (Å²) in [6.07, 6.45) is 3.90. The lowest BCUT2D eigenvalue weighted by molar-refractivity contribution is -0.0502. The molecule has 0 bridgehead atoms. The van der Waals surface area contributed by atoms with E-state index in [1.165, 1.54) is 5.56 Å². The molecule has 1 aromatic rings. The minimum atomic E-state index is -3.39. The summed E-state index contributed by atoms with van der Waals surface area (Å²) in [4.78, 5) is 14.2. The van der Waals surface area contributed by atoms with Crippen molar-refractivity contribution in [3.8, 4) is 0 Å². The van der Waals surface area contributed by atoms with Gasteiger partial charge in [-0.15, -0.1) is 0 Å². The molecule has 29 heavy (non-hydrogen) atoms. The average molecular weight is 425 g/mol. The minimum Gasteiger partial charge on any atom is -0.447 e. The van der Waals surface area contributed by atoms with Crippen LogP contribution in [0, 0.1) is 0 Å². The van der Waals surface area contributed by atoms with Crippen LogP contribution in [0.5, 0.6) is 0 Å². The Morgan fingerprint density at radius 2 is 1.93 bits per heavy atom. The first-order chi connectivity index (χ1) is 13.7. The van der Waals surface area contributed by atoms with Crippen molar-refractivity contribution in [1.29, 1.82) is 0 Å². The van der Waals surface area contributed by atoms with E-state index >= 15 is 0 Å². The van der Waals surface area contributed by atoms with Crippen LogP contribution in [0.1, 0.15) is 51.0 Å². The number of nitrogens with zero attached hydrogens (tertiary/aromatic N) is 1. The summed E-state index contributed by atoms with van der Waals surface area (Å²) in [6, 6.07) is 9.63. The second kappa shape index (κ2) is 9.45. The fourth-order valence-corrected chi connectivity index (χ4v) is 4.93. The first-order valence-corrected chi connectivity index (χ1v) is 12.2. The maximum absolute atomic E-state index is 12.6. The number of hydrogen-bond acceptors (Lipinski definition) is 5. The smallest absolute Gasteiger partial charge is 0.410 e. The summed E-state index contributed by atoms with van der Waals surface area (Å²) in [7, 11) is -3.39. The molecule has 1 saturated carbocycles. The maximum Gasteiger partial charge on any atom is 0.410 e. The van der Waals surface area contributed by atoms with Crippen LogP contribution in [0.2, 0.25) is 0 Å². The van der Waals surface area contributed by atoms with Gasteiger partial charge in [-0.2, -0.15) is 0 Å². The van der Waals surface area contributed by atoms with Gasteiger partial charge in [0, 0.05) is 12.6 Å². The summed E-state index contributed by atoms with van der Waals surface area (Å²) in [6.45, 7) is 4.45. The Hall–Kier alpha value is -1.64. The number of nitrogens with one attached hydrogen (secondary N) is 1. The van der Waals surface area contributed by atoms with Gasteiger partial charge in [-0.25, -0.2) is 17.9 Å². The lowest BCUT2D eigenvalue weighted by Gasteiger charge is -2.42. The molecule has 1 amide bonds. The lowest BCUT2D eigenvalue weighted by Crippen LogP contribution is -2.59. The van der Waals surface area contributed by atoms with Crippen LogP contribution in [0.3, 0.4) is 0 Å². The van der Waals surface area contributed by atoms with Crippen molar-refractivity contribution < 1.29 is 22.7 Å². The normalized spacial score (nSPS) is 27.5. The molecule has 0 unspecified atom stereocenters. The summed E-state index contributed by atoms with van der Waals surface area (Å²) in [5.74, 6) is 0.500. The highest BCUT2D eigenvalue weighted by molar-refractivity contribution is 7.88. The minimum absolute atomic E-state index is 0.129. The Morgan fingerprint density at radius 3 is 2.55 bits per heavy atom. The molecule has 0 radical (unpaired) electrons. The van der Waals surface area contributed by atoms with Crippen LogP contribution in [-0.4, -0.2) is 63.1 Å². The fraction of sp³-hybridized carbons (Fsp3) is 0.667. The molecular weight excluding hydrogens is 392 g/mol. The van der Waals surface area contributed by atoms with E-state index in [1.807, 2.05) is 18.2 Å². The van der Waals surface area contributed by atoms with Crippen LogP contribution in [0.15, 0.2) is 30.3 Å². The lowest BCUT2D eigenvalue weighted by atomic mass is 9.77. The van der Waals surface area contributed by atoms with Gasteiger partial charge < -0.3 is 14.4 Å². The van der Waals surface area contributed by atoms with Crippen molar-refractivity contribution in [2.24, 2.45) is 0 Å². The van der Waals surface area contributed by atoms with Crippen molar-refractivity contribution in [1.82, 2.24) is 9.62 Å². The zero-order valence-corrected chi connectivity index (χ0v) is 18.2. The van der Waals surface area contributed by atoms with E-state index in [-0.39, 0.29) is 24.3 Å². The van der Waals surface area contributed by atoms with Crippen molar-refractivity contribution >= 4 is 16.1 Å². The van der Waals surface area contributed by atoms with Gasteiger partial charge in [0.2, 0.25) is 10.0 Å². The van der Waals surface area contributed by atoms with Crippen LogP contribution in [0.4, 0.5) is 4.79 Å². The standard InChI is InChI=1S/C21H32N2O5S/c1-15(2)28-21(24)23-11-7-10-19(22-29(3,25)26)20(23)14-27-18-12-17(13-18)16-8-5-4-6-9-16/h4-6,8-9,15,17-20,22H,7,10-14H2,1-3H3/t17-,18+,19-,20-/m1/s1. The summed E-state index contributed by atoms with van der Waals surface area (Å²) >= 11 is 0. The Kier molecular flexibility index (Phi) is 7.19. The molecule has 2 aliphatic rings. The predicted octanol–water partition coefficient (Wildman–Crippen LogP) is 2.88. The largest absolute Gasteiger partial charge is 0.447 e. The third kappa shape index (κ3) is 6.17. The number of hydrogen-bond donors (Lipinski definition) is 1. The monoisotopic (exact) mass is 424 g/mol. The molecule has 1 aliphatic heterocycles. The van der Waals surface area contributed by atoms with E-state index in [9.17, 15) is 13.2 Å². The molecule has 162 valence electrons. The molecule has 7 nitrogen and oxygen atoms in total. The second-order valence-electron chi connectivity index (χ2n) is 8.37. The number of benzene rings is 1. The van der Waals surface area contributed by atoms with E-state index in [0.29, 0.717) is 25.5 Å². The van der Waals surface area contributed by atoms with Gasteiger partial charge in [-0.1, -0.05) is 30.3 Å². The third-order valence-corrected chi connectivity index (χ3v) is 6.31. The highest BCUT2D eigenvalue weighted by Gasteiger charge is 2.39. The van der Waals surface area contributed by atoms with Crippen molar-refractivity contribution in [3.63, 3.8) is 0 Å². The third-order valence-electron chi connectivity index (χ3n) is 5.58. The highest BCUT2D eigenvalue weighted by Crippen LogP contribution is 2.39. The van der Waals surface area contributed by atoms with Crippen LogP contribution >= 0.6 is 0 Å². The first-order valence-electron chi connectivity index (χ1n) is 10.3. The van der Waals surface area contributed by atoms with Crippen LogP contribution < -0.4 is 4.72 Å². The number of ether oxygens (including phenoxy) is 2. The van der Waals surface area contributed by atoms with E-state index in [0.717, 1.165) is 25.5 Å². The molecule has 1 saturated heterocycles. The predicted molar refractivity (Wildman–Crippen MR) is 111 cm³/mol. The Morgan fingerprint density at radius 1 is 1.24 bits per heavy atom. The van der Waals surface area contributed by atoms with Gasteiger partial charge in [0.15, 0.2) is 0 Å².